The van der Waals surface area contributed by atoms with Gasteiger partial charge in [-0.1, -0.05) is 30.7 Å². The smallest absolute Gasteiger partial charge is 0.0406 e. The van der Waals surface area contributed by atoms with Crippen molar-refractivity contribution in [2.45, 2.75) is 32.2 Å². The molecule has 1 N–H and O–H groups in total. The van der Waals surface area contributed by atoms with E-state index in [0.717, 1.165) is 5.02 Å². The van der Waals surface area contributed by atoms with Gasteiger partial charge in [0.2, 0.25) is 0 Å². The van der Waals surface area contributed by atoms with E-state index >= 15 is 0 Å². The predicted octanol–water partition coefficient (Wildman–Crippen LogP) is 3.90. The normalized spacial score (nSPS) is 27.7. The van der Waals surface area contributed by atoms with E-state index in [-0.39, 0.29) is 12.4 Å². The van der Waals surface area contributed by atoms with Crippen molar-refractivity contribution >= 4 is 24.0 Å². The van der Waals surface area contributed by atoms with Crippen LogP contribution in [0.2, 0.25) is 5.02 Å². The van der Waals surface area contributed by atoms with Crippen LogP contribution in [0.4, 0.5) is 0 Å². The molecule has 2 saturated heterocycles. The van der Waals surface area contributed by atoms with E-state index in [9.17, 15) is 0 Å². The second kappa shape index (κ2) is 6.65. The van der Waals surface area contributed by atoms with Crippen LogP contribution in [0.5, 0.6) is 0 Å². The van der Waals surface area contributed by atoms with Crippen LogP contribution in [0, 0.1) is 5.41 Å². The van der Waals surface area contributed by atoms with E-state index in [0.29, 0.717) is 11.5 Å². The molecule has 0 radical (unpaired) electrons. The van der Waals surface area contributed by atoms with Crippen LogP contribution in [-0.4, -0.2) is 31.1 Å². The summed E-state index contributed by atoms with van der Waals surface area (Å²) < 4.78 is 0. The van der Waals surface area contributed by atoms with Crippen molar-refractivity contribution in [3.05, 3.63) is 34.9 Å². The largest absolute Gasteiger partial charge is 0.316 e. The van der Waals surface area contributed by atoms with Gasteiger partial charge < -0.3 is 5.32 Å². The van der Waals surface area contributed by atoms with Crippen molar-refractivity contribution in [2.24, 2.45) is 5.41 Å². The Morgan fingerprint density at radius 1 is 1.30 bits per heavy atom. The Labute approximate surface area is 133 Å². The molecule has 3 rings (SSSR count). The number of benzene rings is 1. The van der Waals surface area contributed by atoms with Crippen molar-refractivity contribution in [1.29, 1.82) is 0 Å². The summed E-state index contributed by atoms with van der Waals surface area (Å²) in [5, 5.41) is 4.37. The maximum Gasteiger partial charge on any atom is 0.0406 e. The molecule has 0 saturated carbocycles. The van der Waals surface area contributed by atoms with Crippen molar-refractivity contribution in [3.63, 3.8) is 0 Å². The van der Waals surface area contributed by atoms with Crippen LogP contribution in [-0.2, 0) is 0 Å². The van der Waals surface area contributed by atoms with Gasteiger partial charge in [-0.25, -0.2) is 0 Å². The van der Waals surface area contributed by atoms with E-state index in [1.54, 1.807) is 0 Å². The van der Waals surface area contributed by atoms with E-state index in [2.05, 4.69) is 29.3 Å². The minimum Gasteiger partial charge on any atom is -0.316 e. The lowest BCUT2D eigenvalue weighted by atomic mass is 9.86. The van der Waals surface area contributed by atoms with Gasteiger partial charge in [0.05, 0.1) is 0 Å². The maximum absolute atomic E-state index is 6.00. The number of likely N-dealkylation sites (tertiary alicyclic amines) is 1. The average Bonchev–Trinajstić information content (AvgIpc) is 3.04. The van der Waals surface area contributed by atoms with Gasteiger partial charge >= 0.3 is 0 Å². The molecular weight excluding hydrogens is 291 g/mol. The molecule has 112 valence electrons. The molecule has 1 aromatic rings. The first-order valence-electron chi connectivity index (χ1n) is 7.43. The van der Waals surface area contributed by atoms with Gasteiger partial charge in [-0.3, -0.25) is 4.90 Å². The Morgan fingerprint density at radius 2 is 2.05 bits per heavy atom. The highest BCUT2D eigenvalue weighted by Crippen LogP contribution is 2.40. The third-order valence-corrected chi connectivity index (χ3v) is 5.13. The Hall–Kier alpha value is -0.280. The van der Waals surface area contributed by atoms with Crippen molar-refractivity contribution in [2.75, 3.05) is 26.2 Å². The van der Waals surface area contributed by atoms with E-state index in [1.807, 2.05) is 12.1 Å². The SMILES string of the molecule is CCC(c1ccc(Cl)cc1)N1CCC2(CCNC2)C1.Cl. The lowest BCUT2D eigenvalue weighted by Gasteiger charge is -2.29. The van der Waals surface area contributed by atoms with Crippen LogP contribution in [0.15, 0.2) is 24.3 Å². The summed E-state index contributed by atoms with van der Waals surface area (Å²) in [5.74, 6) is 0. The van der Waals surface area contributed by atoms with Crippen molar-refractivity contribution < 1.29 is 0 Å². The van der Waals surface area contributed by atoms with Gasteiger partial charge in [0.1, 0.15) is 0 Å². The topological polar surface area (TPSA) is 15.3 Å². The molecule has 20 heavy (non-hydrogen) atoms. The first-order chi connectivity index (χ1) is 9.22. The predicted molar refractivity (Wildman–Crippen MR) is 87.8 cm³/mol. The minimum atomic E-state index is 0. The highest BCUT2D eigenvalue weighted by atomic mass is 35.5. The fraction of sp³-hybridized carbons (Fsp3) is 0.625. The molecule has 0 amide bonds. The standard InChI is InChI=1S/C16H23ClN2.ClH/c1-2-15(13-3-5-14(17)6-4-13)19-10-8-16(12-19)7-9-18-11-16;/h3-6,15,18H,2,7-12H2,1H3;1H. The lowest BCUT2D eigenvalue weighted by molar-refractivity contribution is 0.206. The van der Waals surface area contributed by atoms with Crippen LogP contribution >= 0.6 is 24.0 Å². The molecule has 0 aromatic heterocycles. The zero-order chi connectivity index (χ0) is 13.3. The van der Waals surface area contributed by atoms with Crippen LogP contribution < -0.4 is 5.32 Å². The number of hydrogen-bond acceptors (Lipinski definition) is 2. The maximum atomic E-state index is 6.00. The van der Waals surface area contributed by atoms with Crippen LogP contribution in [0.1, 0.15) is 37.8 Å². The van der Waals surface area contributed by atoms with Crippen molar-refractivity contribution in [3.8, 4) is 0 Å². The van der Waals surface area contributed by atoms with E-state index in [4.69, 9.17) is 11.6 Å². The molecule has 4 heteroatoms. The molecule has 0 aliphatic carbocycles. The second-order valence-corrected chi connectivity index (χ2v) is 6.56. The highest BCUT2D eigenvalue weighted by molar-refractivity contribution is 6.30. The molecule has 2 atom stereocenters. The number of halogens is 2. The molecule has 2 nitrogen and oxygen atoms in total. The monoisotopic (exact) mass is 314 g/mol. The van der Waals surface area contributed by atoms with Crippen LogP contribution in [0.25, 0.3) is 0 Å². The first kappa shape index (κ1) is 16.1. The first-order valence-corrected chi connectivity index (χ1v) is 7.80. The third kappa shape index (κ3) is 3.14. The molecular formula is C16H24Cl2N2. The Bertz CT molecular complexity index is 427. The van der Waals surface area contributed by atoms with Gasteiger partial charge in [0.25, 0.3) is 0 Å². The van der Waals surface area contributed by atoms with Gasteiger partial charge in [-0.15, -0.1) is 12.4 Å². The summed E-state index contributed by atoms with van der Waals surface area (Å²) in [7, 11) is 0. The summed E-state index contributed by atoms with van der Waals surface area (Å²) >= 11 is 6.00. The number of nitrogens with zero attached hydrogens (tertiary/aromatic N) is 1. The summed E-state index contributed by atoms with van der Waals surface area (Å²) in [5.41, 5.74) is 1.97. The van der Waals surface area contributed by atoms with Gasteiger partial charge in [0, 0.05) is 24.2 Å². The Balaban J connectivity index is 0.00000147. The van der Waals surface area contributed by atoms with Gasteiger partial charge in [-0.05, 0) is 55.5 Å². The molecule has 1 aromatic carbocycles. The highest BCUT2D eigenvalue weighted by Gasteiger charge is 2.42. The zero-order valence-electron chi connectivity index (χ0n) is 12.1. The molecule has 2 fully saturated rings. The molecule has 1 spiro atoms. The zero-order valence-corrected chi connectivity index (χ0v) is 13.6. The number of nitrogens with one attached hydrogen (secondary N) is 1. The summed E-state index contributed by atoms with van der Waals surface area (Å²) in [6, 6.07) is 8.96. The number of rotatable bonds is 3. The molecule has 0 bridgehead atoms. The van der Waals surface area contributed by atoms with Gasteiger partial charge in [-0.2, -0.15) is 0 Å². The lowest BCUT2D eigenvalue weighted by Crippen LogP contribution is -2.31. The summed E-state index contributed by atoms with van der Waals surface area (Å²) in [4.78, 5) is 2.68. The third-order valence-electron chi connectivity index (χ3n) is 4.88. The average molecular weight is 315 g/mol. The minimum absolute atomic E-state index is 0. The number of hydrogen-bond donors (Lipinski definition) is 1. The summed E-state index contributed by atoms with van der Waals surface area (Å²) in [6.07, 6.45) is 3.87. The molecule has 2 aliphatic rings. The van der Waals surface area contributed by atoms with E-state index in [1.165, 1.54) is 51.0 Å². The quantitative estimate of drug-likeness (QED) is 0.910. The van der Waals surface area contributed by atoms with Gasteiger partial charge in [0.15, 0.2) is 0 Å². The molecule has 2 aliphatic heterocycles. The fourth-order valence-corrected chi connectivity index (χ4v) is 3.90. The Morgan fingerprint density at radius 3 is 2.65 bits per heavy atom. The van der Waals surface area contributed by atoms with Crippen molar-refractivity contribution in [1.82, 2.24) is 10.2 Å². The summed E-state index contributed by atoms with van der Waals surface area (Å²) in [6.45, 7) is 7.19. The van der Waals surface area contributed by atoms with E-state index < -0.39 is 0 Å². The molecule has 2 unspecified atom stereocenters. The molecule has 2 heterocycles. The van der Waals surface area contributed by atoms with Crippen LogP contribution in [0.3, 0.4) is 0 Å². The second-order valence-electron chi connectivity index (χ2n) is 6.12. The fourth-order valence-electron chi connectivity index (χ4n) is 3.77. The Kier molecular flexibility index (Phi) is 5.36.